The van der Waals surface area contributed by atoms with Crippen molar-refractivity contribution in [3.8, 4) is 0 Å². The summed E-state index contributed by atoms with van der Waals surface area (Å²) in [6.07, 6.45) is 0.0136. The highest BCUT2D eigenvalue weighted by molar-refractivity contribution is 5.89. The Hall–Kier alpha value is -2.66. The van der Waals surface area contributed by atoms with Crippen molar-refractivity contribution >= 4 is 11.9 Å². The van der Waals surface area contributed by atoms with Crippen molar-refractivity contribution in [3.63, 3.8) is 0 Å². The lowest BCUT2D eigenvalue weighted by Crippen LogP contribution is -2.22. The number of ether oxygens (including phenoxy) is 2. The summed E-state index contributed by atoms with van der Waals surface area (Å²) in [7, 11) is 0. The minimum Gasteiger partial charge on any atom is -0.462 e. The van der Waals surface area contributed by atoms with Gasteiger partial charge >= 0.3 is 11.9 Å². The molecule has 5 nitrogen and oxygen atoms in total. The maximum absolute atomic E-state index is 11.9. The highest BCUT2D eigenvalue weighted by atomic mass is 16.5. The summed E-state index contributed by atoms with van der Waals surface area (Å²) in [6, 6.07) is 17.4. The quantitative estimate of drug-likeness (QED) is 0.785. The van der Waals surface area contributed by atoms with Crippen LogP contribution in [0.4, 0.5) is 0 Å². The van der Waals surface area contributed by atoms with Crippen molar-refractivity contribution in [3.05, 3.63) is 71.8 Å². The molecule has 5 heteroatoms. The number of rotatable bonds is 7. The van der Waals surface area contributed by atoms with Crippen LogP contribution in [0.25, 0.3) is 0 Å². The van der Waals surface area contributed by atoms with E-state index in [1.807, 2.05) is 12.1 Å². The average Bonchev–Trinajstić information content (AvgIpc) is 3.45. The number of aliphatic hydroxyl groups excluding tert-OH is 1. The molecule has 3 atom stereocenters. The van der Waals surface area contributed by atoms with Crippen molar-refractivity contribution in [2.45, 2.75) is 12.5 Å². The molecule has 0 saturated heterocycles. The van der Waals surface area contributed by atoms with Gasteiger partial charge in [0.15, 0.2) is 0 Å². The lowest BCUT2D eigenvalue weighted by molar-refractivity contribution is 0.0167. The van der Waals surface area contributed by atoms with Gasteiger partial charge in [0.05, 0.1) is 23.8 Å². The van der Waals surface area contributed by atoms with Gasteiger partial charge in [0.2, 0.25) is 0 Å². The second kappa shape index (κ2) is 7.94. The van der Waals surface area contributed by atoms with Gasteiger partial charge in [0.25, 0.3) is 0 Å². The van der Waals surface area contributed by atoms with Crippen LogP contribution >= 0.6 is 0 Å². The van der Waals surface area contributed by atoms with E-state index in [0.717, 1.165) is 6.42 Å². The normalized spacial score (nSPS) is 19.7. The van der Waals surface area contributed by atoms with E-state index in [1.165, 1.54) is 0 Å². The Labute approximate surface area is 146 Å². The van der Waals surface area contributed by atoms with Crippen LogP contribution in [0.15, 0.2) is 60.7 Å². The molecule has 0 spiro atoms. The van der Waals surface area contributed by atoms with Gasteiger partial charge in [-0.2, -0.15) is 0 Å². The smallest absolute Gasteiger partial charge is 0.338 e. The Morgan fingerprint density at radius 3 is 2.00 bits per heavy atom. The van der Waals surface area contributed by atoms with Gasteiger partial charge in [0, 0.05) is 0 Å². The summed E-state index contributed by atoms with van der Waals surface area (Å²) in [4.78, 5) is 23.7. The molecule has 0 heterocycles. The van der Waals surface area contributed by atoms with Gasteiger partial charge in [-0.25, -0.2) is 9.59 Å². The summed E-state index contributed by atoms with van der Waals surface area (Å²) < 4.78 is 10.4. The fourth-order valence-corrected chi connectivity index (χ4v) is 2.72. The average molecular weight is 340 g/mol. The maximum Gasteiger partial charge on any atom is 0.338 e. The van der Waals surface area contributed by atoms with Crippen LogP contribution in [0.2, 0.25) is 0 Å². The third-order valence-electron chi connectivity index (χ3n) is 4.30. The summed E-state index contributed by atoms with van der Waals surface area (Å²) in [5, 5.41) is 10.1. The lowest BCUT2D eigenvalue weighted by Gasteiger charge is -2.11. The zero-order valence-electron chi connectivity index (χ0n) is 13.7. The van der Waals surface area contributed by atoms with Crippen molar-refractivity contribution in [1.29, 1.82) is 0 Å². The van der Waals surface area contributed by atoms with Gasteiger partial charge in [-0.15, -0.1) is 0 Å². The standard InChI is InChI=1S/C20H20O5/c21-18(13-25-20(23)15-9-5-2-6-10-15)17-11-16(17)12-24-19(22)14-7-3-1-4-8-14/h1-10,16-18,21H,11-13H2. The molecule has 3 unspecified atom stereocenters. The Morgan fingerprint density at radius 1 is 0.920 bits per heavy atom. The first-order valence-electron chi connectivity index (χ1n) is 8.27. The molecule has 25 heavy (non-hydrogen) atoms. The summed E-state index contributed by atoms with van der Waals surface area (Å²) in [5.41, 5.74) is 0.968. The molecule has 1 fully saturated rings. The molecular weight excluding hydrogens is 320 g/mol. The molecule has 1 saturated carbocycles. The Bertz CT molecular complexity index is 713. The highest BCUT2D eigenvalue weighted by Gasteiger charge is 2.43. The van der Waals surface area contributed by atoms with Crippen LogP contribution in [-0.2, 0) is 9.47 Å². The molecule has 2 aromatic carbocycles. The van der Waals surface area contributed by atoms with E-state index < -0.39 is 12.1 Å². The number of carbonyl (C=O) groups excluding carboxylic acids is 2. The molecule has 130 valence electrons. The van der Waals surface area contributed by atoms with Crippen LogP contribution in [-0.4, -0.2) is 36.4 Å². The molecule has 0 radical (unpaired) electrons. The number of esters is 2. The number of benzene rings is 2. The van der Waals surface area contributed by atoms with E-state index in [9.17, 15) is 14.7 Å². The van der Waals surface area contributed by atoms with Crippen molar-refractivity contribution < 1.29 is 24.2 Å². The first-order valence-corrected chi connectivity index (χ1v) is 8.27. The fourth-order valence-electron chi connectivity index (χ4n) is 2.72. The summed E-state index contributed by atoms with van der Waals surface area (Å²) in [5.74, 6) is -0.714. The maximum atomic E-state index is 11.9. The minimum absolute atomic E-state index is 0.00727. The summed E-state index contributed by atoms with van der Waals surface area (Å²) >= 11 is 0. The Morgan fingerprint density at radius 2 is 1.44 bits per heavy atom. The second-order valence-corrected chi connectivity index (χ2v) is 6.16. The minimum atomic E-state index is -0.743. The van der Waals surface area contributed by atoms with E-state index in [4.69, 9.17) is 9.47 Å². The van der Waals surface area contributed by atoms with Gasteiger partial charge in [-0.05, 0) is 42.5 Å². The molecule has 2 aromatic rings. The summed E-state index contributed by atoms with van der Waals surface area (Å²) in [6.45, 7) is 0.212. The Kier molecular flexibility index (Phi) is 5.46. The molecule has 1 aliphatic carbocycles. The van der Waals surface area contributed by atoms with E-state index >= 15 is 0 Å². The topological polar surface area (TPSA) is 72.8 Å². The van der Waals surface area contributed by atoms with Gasteiger partial charge < -0.3 is 14.6 Å². The first-order chi connectivity index (χ1) is 12.1. The van der Waals surface area contributed by atoms with Crippen LogP contribution in [0, 0.1) is 11.8 Å². The van der Waals surface area contributed by atoms with Crippen LogP contribution in [0.1, 0.15) is 27.1 Å². The fraction of sp³-hybridized carbons (Fsp3) is 0.300. The molecule has 0 aliphatic heterocycles. The third-order valence-corrected chi connectivity index (χ3v) is 4.30. The second-order valence-electron chi connectivity index (χ2n) is 6.16. The molecule has 1 N–H and O–H groups in total. The van der Waals surface area contributed by atoms with Gasteiger partial charge in [-0.1, -0.05) is 36.4 Å². The zero-order chi connectivity index (χ0) is 17.6. The number of aliphatic hydroxyl groups is 1. The predicted molar refractivity (Wildman–Crippen MR) is 91.1 cm³/mol. The molecule has 0 bridgehead atoms. The number of hydrogen-bond donors (Lipinski definition) is 1. The van der Waals surface area contributed by atoms with Crippen molar-refractivity contribution in [2.24, 2.45) is 11.8 Å². The zero-order valence-corrected chi connectivity index (χ0v) is 13.7. The molecule has 3 rings (SSSR count). The third kappa shape index (κ3) is 4.67. The molecule has 0 aromatic heterocycles. The molecular formula is C20H20O5. The van der Waals surface area contributed by atoms with Crippen LogP contribution in [0.3, 0.4) is 0 Å². The van der Waals surface area contributed by atoms with E-state index in [0.29, 0.717) is 11.1 Å². The molecule has 0 amide bonds. The van der Waals surface area contributed by atoms with Crippen molar-refractivity contribution in [2.75, 3.05) is 13.2 Å². The first kappa shape index (κ1) is 17.2. The highest BCUT2D eigenvalue weighted by Crippen LogP contribution is 2.41. The van der Waals surface area contributed by atoms with Gasteiger partial charge in [-0.3, -0.25) is 0 Å². The van der Waals surface area contributed by atoms with Gasteiger partial charge in [0.1, 0.15) is 6.61 Å². The van der Waals surface area contributed by atoms with E-state index in [1.54, 1.807) is 48.5 Å². The van der Waals surface area contributed by atoms with E-state index in [2.05, 4.69) is 0 Å². The lowest BCUT2D eigenvalue weighted by atomic mass is 10.2. The van der Waals surface area contributed by atoms with Crippen molar-refractivity contribution in [1.82, 2.24) is 0 Å². The largest absolute Gasteiger partial charge is 0.462 e. The van der Waals surface area contributed by atoms with Crippen LogP contribution in [0.5, 0.6) is 0 Å². The SMILES string of the molecule is O=C(OCC(O)C1CC1COC(=O)c1ccccc1)c1ccccc1. The van der Waals surface area contributed by atoms with E-state index in [-0.39, 0.29) is 31.0 Å². The molecule has 1 aliphatic rings. The van der Waals surface area contributed by atoms with Crippen LogP contribution < -0.4 is 0 Å². The number of hydrogen-bond acceptors (Lipinski definition) is 5. The predicted octanol–water partition coefficient (Wildman–Crippen LogP) is 2.70. The monoisotopic (exact) mass is 340 g/mol. The number of carbonyl (C=O) groups is 2. The Balaban J connectivity index is 1.38.